The second kappa shape index (κ2) is 6.74. The van der Waals surface area contributed by atoms with Crippen LogP contribution in [0.5, 0.6) is 11.5 Å². The first kappa shape index (κ1) is 17.3. The lowest BCUT2D eigenvalue weighted by molar-refractivity contribution is 0.0299. The van der Waals surface area contributed by atoms with E-state index in [9.17, 15) is 4.79 Å². The number of rotatable bonds is 2. The standard InChI is InChI=1S/C23H19N3O4/c27-23(26-7-9-28-10-8-26)18-12-16-15-3-1-2-4-17(15)24-22(16)21(25-18)14-5-6-19-20(11-14)30-13-29-19/h1-6,11-12,24H,7-10,13H2. The molecule has 2 aromatic carbocycles. The fraction of sp³-hybridized carbons (Fsp3) is 0.217. The highest BCUT2D eigenvalue weighted by atomic mass is 16.7. The average molecular weight is 401 g/mol. The van der Waals surface area contributed by atoms with Gasteiger partial charge in [0.25, 0.3) is 5.91 Å². The molecule has 1 amide bonds. The number of amides is 1. The van der Waals surface area contributed by atoms with E-state index in [2.05, 4.69) is 11.1 Å². The topological polar surface area (TPSA) is 76.7 Å². The molecule has 0 aliphatic carbocycles. The first-order valence-corrected chi connectivity index (χ1v) is 9.96. The molecule has 1 N–H and O–H groups in total. The minimum Gasteiger partial charge on any atom is -0.454 e. The van der Waals surface area contributed by atoms with Crippen LogP contribution in [-0.4, -0.2) is 53.9 Å². The van der Waals surface area contributed by atoms with E-state index in [0.717, 1.165) is 33.1 Å². The van der Waals surface area contributed by atoms with Crippen LogP contribution in [-0.2, 0) is 4.74 Å². The highest BCUT2D eigenvalue weighted by Crippen LogP contribution is 2.38. The van der Waals surface area contributed by atoms with Crippen molar-refractivity contribution in [2.75, 3.05) is 33.1 Å². The Labute approximate surface area is 172 Å². The molecule has 7 nitrogen and oxygen atoms in total. The van der Waals surface area contributed by atoms with Gasteiger partial charge in [0.15, 0.2) is 11.5 Å². The summed E-state index contributed by atoms with van der Waals surface area (Å²) in [7, 11) is 0. The van der Waals surface area contributed by atoms with Crippen molar-refractivity contribution >= 4 is 27.7 Å². The summed E-state index contributed by atoms with van der Waals surface area (Å²) in [5.41, 5.74) is 3.92. The van der Waals surface area contributed by atoms with Gasteiger partial charge in [0.2, 0.25) is 6.79 Å². The van der Waals surface area contributed by atoms with Gasteiger partial charge in [-0.1, -0.05) is 18.2 Å². The number of nitrogens with one attached hydrogen (secondary N) is 1. The Morgan fingerprint density at radius 3 is 2.70 bits per heavy atom. The summed E-state index contributed by atoms with van der Waals surface area (Å²) in [5.74, 6) is 1.32. The van der Waals surface area contributed by atoms with Crippen molar-refractivity contribution in [3.8, 4) is 22.8 Å². The van der Waals surface area contributed by atoms with Crippen LogP contribution in [0.1, 0.15) is 10.5 Å². The normalized spacial score (nSPS) is 15.8. The average Bonchev–Trinajstić information content (AvgIpc) is 3.42. The van der Waals surface area contributed by atoms with E-state index >= 15 is 0 Å². The van der Waals surface area contributed by atoms with Gasteiger partial charge in [-0.2, -0.15) is 0 Å². The number of carbonyl (C=O) groups is 1. The predicted molar refractivity (Wildman–Crippen MR) is 112 cm³/mol. The summed E-state index contributed by atoms with van der Waals surface area (Å²) in [5, 5.41) is 2.04. The van der Waals surface area contributed by atoms with Crippen molar-refractivity contribution in [1.82, 2.24) is 14.9 Å². The molecule has 4 heterocycles. The maximum Gasteiger partial charge on any atom is 0.272 e. The molecule has 7 heteroatoms. The first-order chi connectivity index (χ1) is 14.8. The third kappa shape index (κ3) is 2.70. The molecule has 1 saturated heterocycles. The molecule has 4 aromatic rings. The van der Waals surface area contributed by atoms with Crippen LogP contribution < -0.4 is 9.47 Å². The maximum atomic E-state index is 13.2. The minimum atomic E-state index is -0.0764. The van der Waals surface area contributed by atoms with E-state index in [1.807, 2.05) is 42.5 Å². The Balaban J connectivity index is 1.57. The minimum absolute atomic E-state index is 0.0764. The number of fused-ring (bicyclic) bond motifs is 4. The number of nitrogens with zero attached hydrogens (tertiary/aromatic N) is 2. The summed E-state index contributed by atoms with van der Waals surface area (Å²) in [4.78, 5) is 23.3. The Morgan fingerprint density at radius 1 is 0.967 bits per heavy atom. The summed E-state index contributed by atoms with van der Waals surface area (Å²) in [6.07, 6.45) is 0. The van der Waals surface area contributed by atoms with E-state index in [-0.39, 0.29) is 12.7 Å². The molecule has 1 fully saturated rings. The summed E-state index contributed by atoms with van der Waals surface area (Å²) < 4.78 is 16.4. The summed E-state index contributed by atoms with van der Waals surface area (Å²) in [6, 6.07) is 15.7. The van der Waals surface area contributed by atoms with Gasteiger partial charge in [-0.15, -0.1) is 0 Å². The van der Waals surface area contributed by atoms with Crippen molar-refractivity contribution in [3.05, 3.63) is 54.2 Å². The SMILES string of the molecule is O=C(c1cc2c([nH]c3ccccc32)c(-c2ccc3c(c2)OCO3)n1)N1CCOCC1. The predicted octanol–water partition coefficient (Wildman–Crippen LogP) is 3.58. The van der Waals surface area contributed by atoms with Gasteiger partial charge in [0.05, 0.1) is 24.4 Å². The van der Waals surface area contributed by atoms with Crippen LogP contribution in [0.15, 0.2) is 48.5 Å². The van der Waals surface area contributed by atoms with Crippen molar-refractivity contribution in [2.24, 2.45) is 0 Å². The zero-order valence-electron chi connectivity index (χ0n) is 16.2. The zero-order valence-corrected chi connectivity index (χ0v) is 16.2. The van der Waals surface area contributed by atoms with Crippen LogP contribution in [0.2, 0.25) is 0 Å². The Bertz CT molecular complexity index is 1290. The van der Waals surface area contributed by atoms with Gasteiger partial charge in [0, 0.05) is 34.9 Å². The number of ether oxygens (including phenoxy) is 3. The lowest BCUT2D eigenvalue weighted by atomic mass is 10.1. The van der Waals surface area contributed by atoms with Crippen LogP contribution in [0.25, 0.3) is 33.1 Å². The number of H-pyrrole nitrogens is 1. The Kier molecular flexibility index (Phi) is 3.89. The van der Waals surface area contributed by atoms with Crippen molar-refractivity contribution in [2.45, 2.75) is 0 Å². The van der Waals surface area contributed by atoms with Gasteiger partial charge < -0.3 is 24.1 Å². The third-order valence-corrected chi connectivity index (χ3v) is 5.66. The highest BCUT2D eigenvalue weighted by molar-refractivity contribution is 6.13. The molecule has 2 aliphatic heterocycles. The number of hydrogen-bond acceptors (Lipinski definition) is 5. The number of aromatic amines is 1. The molecular weight excluding hydrogens is 382 g/mol. The largest absolute Gasteiger partial charge is 0.454 e. The van der Waals surface area contributed by atoms with Crippen molar-refractivity contribution < 1.29 is 19.0 Å². The molecule has 30 heavy (non-hydrogen) atoms. The van der Waals surface area contributed by atoms with Crippen molar-refractivity contribution in [3.63, 3.8) is 0 Å². The van der Waals surface area contributed by atoms with Crippen LogP contribution in [0.3, 0.4) is 0 Å². The van der Waals surface area contributed by atoms with Gasteiger partial charge in [0.1, 0.15) is 5.69 Å². The van der Waals surface area contributed by atoms with Crippen molar-refractivity contribution in [1.29, 1.82) is 0 Å². The monoisotopic (exact) mass is 401 g/mol. The highest BCUT2D eigenvalue weighted by Gasteiger charge is 2.23. The fourth-order valence-electron chi connectivity index (χ4n) is 4.14. The number of hydrogen-bond donors (Lipinski definition) is 1. The number of carbonyl (C=O) groups excluding carboxylic acids is 1. The number of benzene rings is 2. The second-order valence-electron chi connectivity index (χ2n) is 7.42. The number of para-hydroxylation sites is 1. The molecule has 0 unspecified atom stereocenters. The summed E-state index contributed by atoms with van der Waals surface area (Å²) in [6.45, 7) is 2.47. The van der Waals surface area contributed by atoms with Crippen LogP contribution in [0.4, 0.5) is 0 Å². The molecule has 2 aliphatic rings. The smallest absolute Gasteiger partial charge is 0.272 e. The lowest BCUT2D eigenvalue weighted by Gasteiger charge is -2.26. The van der Waals surface area contributed by atoms with E-state index < -0.39 is 0 Å². The van der Waals surface area contributed by atoms with Crippen LogP contribution in [0, 0.1) is 0 Å². The fourth-order valence-corrected chi connectivity index (χ4v) is 4.14. The van der Waals surface area contributed by atoms with E-state index in [4.69, 9.17) is 19.2 Å². The van der Waals surface area contributed by atoms with Gasteiger partial charge in [-0.3, -0.25) is 4.79 Å². The first-order valence-electron chi connectivity index (χ1n) is 9.96. The molecular formula is C23H19N3O4. The molecule has 2 aromatic heterocycles. The molecule has 0 atom stereocenters. The van der Waals surface area contributed by atoms with Crippen LogP contribution >= 0.6 is 0 Å². The molecule has 0 spiro atoms. The quantitative estimate of drug-likeness (QED) is 0.556. The van der Waals surface area contributed by atoms with E-state index in [1.54, 1.807) is 4.90 Å². The Morgan fingerprint density at radius 2 is 1.80 bits per heavy atom. The molecule has 0 radical (unpaired) electrons. The molecule has 150 valence electrons. The molecule has 0 saturated carbocycles. The van der Waals surface area contributed by atoms with Gasteiger partial charge >= 0.3 is 0 Å². The number of pyridine rings is 1. The maximum absolute atomic E-state index is 13.2. The number of morpholine rings is 1. The lowest BCUT2D eigenvalue weighted by Crippen LogP contribution is -2.41. The van der Waals surface area contributed by atoms with E-state index in [0.29, 0.717) is 43.5 Å². The van der Waals surface area contributed by atoms with Gasteiger partial charge in [-0.05, 0) is 30.3 Å². The summed E-state index contributed by atoms with van der Waals surface area (Å²) >= 11 is 0. The zero-order chi connectivity index (χ0) is 20.1. The second-order valence-corrected chi connectivity index (χ2v) is 7.42. The third-order valence-electron chi connectivity index (χ3n) is 5.66. The molecule has 6 rings (SSSR count). The molecule has 0 bridgehead atoms. The number of aromatic nitrogens is 2. The van der Waals surface area contributed by atoms with Gasteiger partial charge in [-0.25, -0.2) is 4.98 Å². The van der Waals surface area contributed by atoms with E-state index in [1.165, 1.54) is 0 Å². The Hall–Kier alpha value is -3.58.